The molecule has 0 bridgehead atoms. The van der Waals surface area contributed by atoms with E-state index in [2.05, 4.69) is 5.32 Å². The number of hydrogen-bond donors (Lipinski definition) is 2. The van der Waals surface area contributed by atoms with Crippen LogP contribution in [-0.4, -0.2) is 19.3 Å². The van der Waals surface area contributed by atoms with Gasteiger partial charge < -0.3 is 15.8 Å². The Kier molecular flexibility index (Phi) is 3.47. The van der Waals surface area contributed by atoms with Gasteiger partial charge in [-0.2, -0.15) is 0 Å². The van der Waals surface area contributed by atoms with Crippen LogP contribution in [0.1, 0.15) is 19.3 Å². The molecule has 0 aromatic heterocycles. The maximum Gasteiger partial charge on any atom is 0.183 e. The number of benzene rings is 1. The fraction of sp³-hybridized carbons (Fsp3) is 0.500. The van der Waals surface area contributed by atoms with Crippen molar-refractivity contribution in [3.63, 3.8) is 0 Å². The summed E-state index contributed by atoms with van der Waals surface area (Å²) < 4.78 is 31.9. The predicted octanol–water partition coefficient (Wildman–Crippen LogP) is 2.53. The molecule has 1 aliphatic rings. The first-order chi connectivity index (χ1) is 8.11. The molecule has 3 N–H and O–H groups in total. The molecule has 17 heavy (non-hydrogen) atoms. The zero-order valence-electron chi connectivity index (χ0n) is 9.67. The number of rotatable bonds is 3. The van der Waals surface area contributed by atoms with Crippen LogP contribution in [0.4, 0.5) is 20.2 Å². The van der Waals surface area contributed by atoms with Gasteiger partial charge in [0.05, 0.1) is 17.5 Å². The topological polar surface area (TPSA) is 47.3 Å². The van der Waals surface area contributed by atoms with Crippen LogP contribution in [0.5, 0.6) is 0 Å². The summed E-state index contributed by atoms with van der Waals surface area (Å²) in [7, 11) is 1.66. The van der Waals surface area contributed by atoms with E-state index in [4.69, 9.17) is 10.5 Å². The fourth-order valence-corrected chi connectivity index (χ4v) is 2.20. The van der Waals surface area contributed by atoms with Crippen LogP contribution in [0.2, 0.25) is 0 Å². The van der Waals surface area contributed by atoms with E-state index in [0.29, 0.717) is 0 Å². The molecule has 3 nitrogen and oxygen atoms in total. The van der Waals surface area contributed by atoms with Crippen molar-refractivity contribution in [3.8, 4) is 0 Å². The van der Waals surface area contributed by atoms with Crippen LogP contribution in [0.15, 0.2) is 12.1 Å². The molecule has 5 heteroatoms. The van der Waals surface area contributed by atoms with Crippen LogP contribution in [0.3, 0.4) is 0 Å². The first-order valence-electron chi connectivity index (χ1n) is 5.64. The summed E-state index contributed by atoms with van der Waals surface area (Å²) in [6.07, 6.45) is 2.76. The van der Waals surface area contributed by atoms with E-state index in [0.717, 1.165) is 25.3 Å². The van der Waals surface area contributed by atoms with E-state index in [1.54, 1.807) is 7.11 Å². The zero-order chi connectivity index (χ0) is 12.4. The van der Waals surface area contributed by atoms with E-state index in [1.807, 2.05) is 0 Å². The highest BCUT2D eigenvalue weighted by Gasteiger charge is 2.26. The Morgan fingerprint density at radius 1 is 1.35 bits per heavy atom. The SMILES string of the molecule is COC1CCC(Nc2c(N)ccc(F)c2F)C1. The highest BCUT2D eigenvalue weighted by Crippen LogP contribution is 2.30. The summed E-state index contributed by atoms with van der Waals surface area (Å²) in [5.41, 5.74) is 5.92. The maximum atomic E-state index is 13.5. The van der Waals surface area contributed by atoms with Gasteiger partial charge in [0, 0.05) is 13.2 Å². The maximum absolute atomic E-state index is 13.5. The van der Waals surface area contributed by atoms with Gasteiger partial charge in [-0.1, -0.05) is 0 Å². The minimum Gasteiger partial charge on any atom is -0.397 e. The van der Waals surface area contributed by atoms with Crippen molar-refractivity contribution in [2.75, 3.05) is 18.2 Å². The van der Waals surface area contributed by atoms with E-state index in [-0.39, 0.29) is 23.5 Å². The van der Waals surface area contributed by atoms with Crippen molar-refractivity contribution in [3.05, 3.63) is 23.8 Å². The number of methoxy groups -OCH3 is 1. The van der Waals surface area contributed by atoms with Gasteiger partial charge in [0.1, 0.15) is 0 Å². The lowest BCUT2D eigenvalue weighted by Crippen LogP contribution is -2.19. The summed E-state index contributed by atoms with van der Waals surface area (Å²) in [5, 5.41) is 2.96. The van der Waals surface area contributed by atoms with Crippen LogP contribution in [0.25, 0.3) is 0 Å². The molecule has 1 aromatic carbocycles. The van der Waals surface area contributed by atoms with Crippen molar-refractivity contribution in [2.24, 2.45) is 0 Å². The Hall–Kier alpha value is -1.36. The molecule has 2 unspecified atom stereocenters. The summed E-state index contributed by atoms with van der Waals surface area (Å²) in [5.74, 6) is -1.80. The fourth-order valence-electron chi connectivity index (χ4n) is 2.20. The Morgan fingerprint density at radius 2 is 2.12 bits per heavy atom. The van der Waals surface area contributed by atoms with Crippen molar-refractivity contribution in [1.29, 1.82) is 0 Å². The lowest BCUT2D eigenvalue weighted by Gasteiger charge is -2.16. The molecule has 1 fully saturated rings. The van der Waals surface area contributed by atoms with Crippen molar-refractivity contribution >= 4 is 11.4 Å². The van der Waals surface area contributed by atoms with Gasteiger partial charge in [-0.3, -0.25) is 0 Å². The third-order valence-corrected chi connectivity index (χ3v) is 3.19. The molecule has 0 aliphatic heterocycles. The number of halogens is 2. The largest absolute Gasteiger partial charge is 0.397 e. The first-order valence-corrected chi connectivity index (χ1v) is 5.64. The average Bonchev–Trinajstić information content (AvgIpc) is 2.77. The van der Waals surface area contributed by atoms with Gasteiger partial charge in [0.25, 0.3) is 0 Å². The monoisotopic (exact) mass is 242 g/mol. The lowest BCUT2D eigenvalue weighted by atomic mass is 10.2. The number of anilines is 2. The van der Waals surface area contributed by atoms with Gasteiger partial charge in [0.15, 0.2) is 11.6 Å². The molecule has 2 rings (SSSR count). The average molecular weight is 242 g/mol. The third-order valence-electron chi connectivity index (χ3n) is 3.19. The van der Waals surface area contributed by atoms with Crippen molar-refractivity contribution in [2.45, 2.75) is 31.4 Å². The Balaban J connectivity index is 2.11. The quantitative estimate of drug-likeness (QED) is 0.801. The second-order valence-corrected chi connectivity index (χ2v) is 4.34. The van der Waals surface area contributed by atoms with Crippen LogP contribution < -0.4 is 11.1 Å². The minimum atomic E-state index is -0.911. The van der Waals surface area contributed by atoms with Gasteiger partial charge in [-0.15, -0.1) is 0 Å². The van der Waals surface area contributed by atoms with Gasteiger partial charge in [-0.25, -0.2) is 8.78 Å². The highest BCUT2D eigenvalue weighted by molar-refractivity contribution is 5.67. The molecule has 1 aliphatic carbocycles. The van der Waals surface area contributed by atoms with E-state index in [1.165, 1.54) is 6.07 Å². The minimum absolute atomic E-state index is 0.0618. The second-order valence-electron chi connectivity index (χ2n) is 4.34. The second kappa shape index (κ2) is 4.87. The molecule has 0 saturated heterocycles. The molecule has 0 amide bonds. The number of ether oxygens (including phenoxy) is 1. The van der Waals surface area contributed by atoms with Crippen molar-refractivity contribution in [1.82, 2.24) is 0 Å². The third kappa shape index (κ3) is 2.49. The number of hydrogen-bond acceptors (Lipinski definition) is 3. The Morgan fingerprint density at radius 3 is 2.76 bits per heavy atom. The molecule has 1 aromatic rings. The standard InChI is InChI=1S/C12H16F2N2O/c1-17-8-3-2-7(6-8)16-12-10(15)5-4-9(13)11(12)14/h4-5,7-8,16H,2-3,6,15H2,1H3. The number of nitrogen functional groups attached to an aromatic ring is 1. The van der Waals surface area contributed by atoms with Crippen LogP contribution in [-0.2, 0) is 4.74 Å². The van der Waals surface area contributed by atoms with Crippen LogP contribution >= 0.6 is 0 Å². The summed E-state index contributed by atoms with van der Waals surface area (Å²) in [4.78, 5) is 0. The Labute approximate surface area is 98.9 Å². The predicted molar refractivity (Wildman–Crippen MR) is 62.8 cm³/mol. The highest BCUT2D eigenvalue weighted by atomic mass is 19.2. The molecular weight excluding hydrogens is 226 g/mol. The van der Waals surface area contributed by atoms with E-state index in [9.17, 15) is 8.78 Å². The molecular formula is C12H16F2N2O. The zero-order valence-corrected chi connectivity index (χ0v) is 9.67. The number of nitrogens with one attached hydrogen (secondary N) is 1. The van der Waals surface area contributed by atoms with Gasteiger partial charge >= 0.3 is 0 Å². The molecule has 94 valence electrons. The summed E-state index contributed by atoms with van der Waals surface area (Å²) >= 11 is 0. The van der Waals surface area contributed by atoms with Crippen LogP contribution in [0, 0.1) is 11.6 Å². The summed E-state index contributed by atoms with van der Waals surface area (Å²) in [6.45, 7) is 0. The summed E-state index contributed by atoms with van der Waals surface area (Å²) in [6, 6.07) is 2.48. The number of nitrogens with two attached hydrogens (primary N) is 1. The lowest BCUT2D eigenvalue weighted by molar-refractivity contribution is 0.108. The molecule has 2 atom stereocenters. The normalized spacial score (nSPS) is 23.9. The van der Waals surface area contributed by atoms with Gasteiger partial charge in [0.2, 0.25) is 0 Å². The molecule has 0 heterocycles. The smallest absolute Gasteiger partial charge is 0.183 e. The van der Waals surface area contributed by atoms with E-state index < -0.39 is 11.6 Å². The Bertz CT molecular complexity index is 412. The van der Waals surface area contributed by atoms with E-state index >= 15 is 0 Å². The molecule has 0 spiro atoms. The molecule has 0 radical (unpaired) electrons. The van der Waals surface area contributed by atoms with Gasteiger partial charge in [-0.05, 0) is 31.4 Å². The first kappa shape index (κ1) is 12.1. The molecule has 1 saturated carbocycles. The van der Waals surface area contributed by atoms with Crippen molar-refractivity contribution < 1.29 is 13.5 Å².